The molecule has 1 aromatic rings. The van der Waals surface area contributed by atoms with Crippen LogP contribution >= 0.6 is 0 Å². The maximum atomic E-state index is 5.58. The van der Waals surface area contributed by atoms with Crippen molar-refractivity contribution in [1.29, 1.82) is 0 Å². The van der Waals surface area contributed by atoms with E-state index in [-0.39, 0.29) is 11.5 Å². The molecule has 0 bridgehead atoms. The molecule has 0 aromatic carbocycles. The molecule has 0 saturated carbocycles. The van der Waals surface area contributed by atoms with Gasteiger partial charge in [0.1, 0.15) is 11.9 Å². The number of nitrogens with one attached hydrogen (secondary N) is 1. The van der Waals surface area contributed by atoms with Crippen LogP contribution in [0, 0.1) is 5.41 Å². The maximum Gasteiger partial charge on any atom is 0.160 e. The number of anilines is 1. The first-order chi connectivity index (χ1) is 8.42. The molecule has 102 valence electrons. The Kier molecular flexibility index (Phi) is 5.08. The number of aromatic nitrogens is 2. The summed E-state index contributed by atoms with van der Waals surface area (Å²) in [6.07, 6.45) is 0.801. The van der Waals surface area contributed by atoms with Gasteiger partial charge in [-0.05, 0) is 18.8 Å². The van der Waals surface area contributed by atoms with Gasteiger partial charge in [0.15, 0.2) is 5.82 Å². The maximum absolute atomic E-state index is 5.58. The van der Waals surface area contributed by atoms with Gasteiger partial charge in [0.25, 0.3) is 0 Å². The predicted molar refractivity (Wildman–Crippen MR) is 74.8 cm³/mol. The van der Waals surface area contributed by atoms with E-state index >= 15 is 0 Å². The first-order valence-electron chi connectivity index (χ1n) is 6.56. The Bertz CT molecular complexity index is 385. The van der Waals surface area contributed by atoms with Crippen LogP contribution in [0.3, 0.4) is 0 Å². The Balaban J connectivity index is 3.17. The fraction of sp³-hybridized carbons (Fsp3) is 0.714. The lowest BCUT2D eigenvalue weighted by molar-refractivity contribution is 0.00862. The molecule has 0 fully saturated rings. The molecule has 1 atom stereocenters. The van der Waals surface area contributed by atoms with Crippen molar-refractivity contribution in [1.82, 2.24) is 9.97 Å². The van der Waals surface area contributed by atoms with E-state index in [2.05, 4.69) is 49.9 Å². The molecule has 4 nitrogen and oxygen atoms in total. The van der Waals surface area contributed by atoms with Crippen molar-refractivity contribution in [3.8, 4) is 0 Å². The van der Waals surface area contributed by atoms with E-state index in [0.29, 0.717) is 0 Å². The molecule has 0 amide bonds. The van der Waals surface area contributed by atoms with Gasteiger partial charge in [0, 0.05) is 25.4 Å². The number of nitrogens with zero attached hydrogens (tertiary/aromatic N) is 2. The molecule has 0 aliphatic rings. The first-order valence-corrected chi connectivity index (χ1v) is 6.56. The van der Waals surface area contributed by atoms with E-state index in [0.717, 1.165) is 30.3 Å². The van der Waals surface area contributed by atoms with Crippen molar-refractivity contribution in [3.63, 3.8) is 0 Å². The van der Waals surface area contributed by atoms with Crippen LogP contribution in [0.4, 0.5) is 5.82 Å². The number of aryl methyl sites for hydroxylation is 1. The Labute approximate surface area is 110 Å². The summed E-state index contributed by atoms with van der Waals surface area (Å²) in [5.74, 6) is 1.64. The Hall–Kier alpha value is -1.16. The summed E-state index contributed by atoms with van der Waals surface area (Å²) in [7, 11) is 1.71. The highest BCUT2D eigenvalue weighted by Gasteiger charge is 2.29. The number of methoxy groups -OCH3 is 1. The standard InChI is InChI=1S/C14H25N3O/c1-7-10-9-11(15-8-2)17-13(16-10)12(18-6)14(3,4)5/h9,12H,7-8H2,1-6H3,(H,15,16,17). The lowest BCUT2D eigenvalue weighted by Gasteiger charge is -2.28. The van der Waals surface area contributed by atoms with Gasteiger partial charge < -0.3 is 10.1 Å². The lowest BCUT2D eigenvalue weighted by Crippen LogP contribution is -2.23. The molecule has 18 heavy (non-hydrogen) atoms. The second-order valence-electron chi connectivity index (χ2n) is 5.47. The number of hydrogen-bond acceptors (Lipinski definition) is 4. The van der Waals surface area contributed by atoms with E-state index in [4.69, 9.17) is 4.74 Å². The average Bonchev–Trinajstić information content (AvgIpc) is 2.28. The third kappa shape index (κ3) is 3.67. The van der Waals surface area contributed by atoms with E-state index in [9.17, 15) is 0 Å². The monoisotopic (exact) mass is 251 g/mol. The van der Waals surface area contributed by atoms with Crippen LogP contribution in [0.15, 0.2) is 6.07 Å². The second kappa shape index (κ2) is 6.14. The highest BCUT2D eigenvalue weighted by Crippen LogP contribution is 2.34. The van der Waals surface area contributed by atoms with Gasteiger partial charge in [0.2, 0.25) is 0 Å². The van der Waals surface area contributed by atoms with E-state index in [1.54, 1.807) is 7.11 Å². The lowest BCUT2D eigenvalue weighted by atomic mass is 9.88. The molecule has 0 saturated heterocycles. The topological polar surface area (TPSA) is 47.0 Å². The normalized spacial score (nSPS) is 13.4. The third-order valence-electron chi connectivity index (χ3n) is 2.77. The first kappa shape index (κ1) is 14.9. The second-order valence-corrected chi connectivity index (χ2v) is 5.47. The number of ether oxygens (including phenoxy) is 1. The number of hydrogen-bond donors (Lipinski definition) is 1. The van der Waals surface area contributed by atoms with Crippen LogP contribution in [0.1, 0.15) is 52.2 Å². The molecule has 1 aromatic heterocycles. The minimum Gasteiger partial charge on any atom is -0.373 e. The van der Waals surface area contributed by atoms with E-state index < -0.39 is 0 Å². The molecule has 1 N–H and O–H groups in total. The summed E-state index contributed by atoms with van der Waals surface area (Å²) < 4.78 is 5.58. The van der Waals surface area contributed by atoms with Gasteiger partial charge in [-0.25, -0.2) is 9.97 Å². The largest absolute Gasteiger partial charge is 0.373 e. The highest BCUT2D eigenvalue weighted by molar-refractivity contribution is 5.36. The predicted octanol–water partition coefficient (Wildman–Crippen LogP) is 3.20. The van der Waals surface area contributed by atoms with Crippen molar-refractivity contribution < 1.29 is 4.74 Å². The fourth-order valence-corrected chi connectivity index (χ4v) is 1.93. The van der Waals surface area contributed by atoms with Gasteiger partial charge in [0.05, 0.1) is 0 Å². The molecular formula is C14H25N3O. The summed E-state index contributed by atoms with van der Waals surface area (Å²) in [4.78, 5) is 9.16. The summed E-state index contributed by atoms with van der Waals surface area (Å²) in [6, 6.07) is 2.00. The molecule has 4 heteroatoms. The Morgan fingerprint density at radius 2 is 1.94 bits per heavy atom. The quantitative estimate of drug-likeness (QED) is 0.873. The van der Waals surface area contributed by atoms with Gasteiger partial charge in [-0.15, -0.1) is 0 Å². The molecule has 1 heterocycles. The van der Waals surface area contributed by atoms with Crippen LogP contribution < -0.4 is 5.32 Å². The zero-order chi connectivity index (χ0) is 13.8. The van der Waals surface area contributed by atoms with Gasteiger partial charge >= 0.3 is 0 Å². The van der Waals surface area contributed by atoms with Crippen LogP contribution in [0.25, 0.3) is 0 Å². The minimum atomic E-state index is -0.0959. The fourth-order valence-electron chi connectivity index (χ4n) is 1.93. The van der Waals surface area contributed by atoms with Gasteiger partial charge in [-0.3, -0.25) is 0 Å². The van der Waals surface area contributed by atoms with Crippen molar-refractivity contribution in [2.45, 2.75) is 47.1 Å². The molecular weight excluding hydrogens is 226 g/mol. The van der Waals surface area contributed by atoms with E-state index in [1.807, 2.05) is 6.07 Å². The Morgan fingerprint density at radius 1 is 1.28 bits per heavy atom. The van der Waals surface area contributed by atoms with Crippen molar-refractivity contribution in [2.24, 2.45) is 5.41 Å². The van der Waals surface area contributed by atoms with Gasteiger partial charge in [-0.1, -0.05) is 27.7 Å². The van der Waals surface area contributed by atoms with Crippen LogP contribution in [-0.4, -0.2) is 23.6 Å². The molecule has 1 unspecified atom stereocenters. The van der Waals surface area contributed by atoms with Gasteiger partial charge in [-0.2, -0.15) is 0 Å². The molecule has 1 rings (SSSR count). The summed E-state index contributed by atoms with van der Waals surface area (Å²) >= 11 is 0. The van der Waals surface area contributed by atoms with E-state index in [1.165, 1.54) is 0 Å². The molecule has 0 aliphatic carbocycles. The average molecular weight is 251 g/mol. The summed E-state index contributed by atoms with van der Waals surface area (Å²) in [5.41, 5.74) is 1.02. The third-order valence-corrected chi connectivity index (χ3v) is 2.77. The zero-order valence-corrected chi connectivity index (χ0v) is 12.4. The molecule has 0 aliphatic heterocycles. The summed E-state index contributed by atoms with van der Waals surface area (Å²) in [5, 5.41) is 3.25. The van der Waals surface area contributed by atoms with Crippen molar-refractivity contribution >= 4 is 5.82 Å². The van der Waals surface area contributed by atoms with Crippen LogP contribution in [0.5, 0.6) is 0 Å². The smallest absolute Gasteiger partial charge is 0.160 e. The van der Waals surface area contributed by atoms with Crippen LogP contribution in [0.2, 0.25) is 0 Å². The summed E-state index contributed by atoms with van der Waals surface area (Å²) in [6.45, 7) is 11.4. The number of rotatable bonds is 5. The SMILES string of the molecule is CCNc1cc(CC)nc(C(OC)C(C)(C)C)n1. The molecule has 0 spiro atoms. The Morgan fingerprint density at radius 3 is 2.39 bits per heavy atom. The molecule has 0 radical (unpaired) electrons. The van der Waals surface area contributed by atoms with Crippen molar-refractivity contribution in [2.75, 3.05) is 19.0 Å². The highest BCUT2D eigenvalue weighted by atomic mass is 16.5. The zero-order valence-electron chi connectivity index (χ0n) is 12.4. The minimum absolute atomic E-state index is 0.0232. The van der Waals surface area contributed by atoms with Crippen molar-refractivity contribution in [3.05, 3.63) is 17.6 Å². The van der Waals surface area contributed by atoms with Crippen LogP contribution in [-0.2, 0) is 11.2 Å².